The summed E-state index contributed by atoms with van der Waals surface area (Å²) in [5.41, 5.74) is 1.31. The number of carbonyl (C=O) groups excluding carboxylic acids is 2. The normalized spacial score (nSPS) is 25.4. The molecule has 2 aromatic rings. The van der Waals surface area contributed by atoms with E-state index in [2.05, 4.69) is 5.32 Å². The lowest BCUT2D eigenvalue weighted by Crippen LogP contribution is -2.56. The van der Waals surface area contributed by atoms with Gasteiger partial charge in [-0.3, -0.25) is 9.59 Å². The Morgan fingerprint density at radius 1 is 1.00 bits per heavy atom. The van der Waals surface area contributed by atoms with Gasteiger partial charge >= 0.3 is 0 Å². The number of piperidine rings is 2. The zero-order valence-electron chi connectivity index (χ0n) is 17.3. The van der Waals surface area contributed by atoms with E-state index in [9.17, 15) is 9.59 Å². The third-order valence-electron chi connectivity index (χ3n) is 7.08. The van der Waals surface area contributed by atoms with Crippen LogP contribution in [-0.2, 0) is 15.0 Å². The topological polar surface area (TPSA) is 52.7 Å². The fourth-order valence-corrected chi connectivity index (χ4v) is 5.61. The van der Waals surface area contributed by atoms with Crippen molar-refractivity contribution < 1.29 is 9.59 Å². The van der Waals surface area contributed by atoms with Gasteiger partial charge in [0.2, 0.25) is 11.8 Å². The quantitative estimate of drug-likeness (QED) is 0.853. The zero-order chi connectivity index (χ0) is 20.6. The molecule has 5 heteroatoms. The molecule has 3 saturated heterocycles. The fourth-order valence-electron chi connectivity index (χ4n) is 5.61. The second-order valence-electron chi connectivity index (χ2n) is 8.97. The van der Waals surface area contributed by atoms with Gasteiger partial charge in [0.05, 0.1) is 12.0 Å². The summed E-state index contributed by atoms with van der Waals surface area (Å²) in [4.78, 5) is 30.8. The molecule has 0 spiro atoms. The highest BCUT2D eigenvalue weighted by Crippen LogP contribution is 2.41. The Labute approximate surface area is 178 Å². The summed E-state index contributed by atoms with van der Waals surface area (Å²) in [5, 5.41) is 3.50. The van der Waals surface area contributed by atoms with E-state index in [1.807, 2.05) is 65.6 Å². The van der Waals surface area contributed by atoms with Crippen molar-refractivity contribution in [1.82, 2.24) is 15.1 Å². The van der Waals surface area contributed by atoms with Crippen molar-refractivity contribution in [2.45, 2.75) is 30.7 Å². The van der Waals surface area contributed by atoms with E-state index in [4.69, 9.17) is 0 Å². The van der Waals surface area contributed by atoms with Crippen LogP contribution in [0.1, 0.15) is 30.4 Å². The summed E-state index contributed by atoms with van der Waals surface area (Å²) in [5.74, 6) is 0.689. The number of likely N-dealkylation sites (tertiary alicyclic amines) is 2. The Morgan fingerprint density at radius 3 is 2.30 bits per heavy atom. The molecule has 3 heterocycles. The molecule has 156 valence electrons. The van der Waals surface area contributed by atoms with Gasteiger partial charge in [0.25, 0.3) is 0 Å². The number of rotatable bonds is 4. The summed E-state index contributed by atoms with van der Waals surface area (Å²) in [6, 6.07) is 20.5. The van der Waals surface area contributed by atoms with Crippen LogP contribution in [0.5, 0.6) is 0 Å². The number of carbonyl (C=O) groups is 2. The molecule has 30 heavy (non-hydrogen) atoms. The molecule has 0 saturated carbocycles. The van der Waals surface area contributed by atoms with Crippen LogP contribution >= 0.6 is 0 Å². The van der Waals surface area contributed by atoms with Crippen LogP contribution in [-0.4, -0.2) is 60.4 Å². The van der Waals surface area contributed by atoms with E-state index in [0.717, 1.165) is 50.0 Å². The smallest absolute Gasteiger partial charge is 0.242 e. The summed E-state index contributed by atoms with van der Waals surface area (Å²) >= 11 is 0. The maximum atomic E-state index is 14.0. The second-order valence-corrected chi connectivity index (χ2v) is 8.97. The van der Waals surface area contributed by atoms with Gasteiger partial charge in [-0.1, -0.05) is 60.7 Å². The number of hydrogen-bond acceptors (Lipinski definition) is 3. The number of nitrogens with zero attached hydrogens (tertiary/aromatic N) is 2. The van der Waals surface area contributed by atoms with Gasteiger partial charge in [0.15, 0.2) is 0 Å². The molecule has 0 aliphatic carbocycles. The molecule has 3 aliphatic heterocycles. The van der Waals surface area contributed by atoms with Crippen LogP contribution in [0.2, 0.25) is 0 Å². The highest BCUT2D eigenvalue weighted by Gasteiger charge is 2.47. The van der Waals surface area contributed by atoms with E-state index in [1.54, 1.807) is 4.90 Å². The molecule has 0 radical (unpaired) electrons. The monoisotopic (exact) mass is 403 g/mol. The Bertz CT molecular complexity index is 863. The van der Waals surface area contributed by atoms with Crippen LogP contribution < -0.4 is 5.32 Å². The summed E-state index contributed by atoms with van der Waals surface area (Å²) in [7, 11) is 0. The van der Waals surface area contributed by atoms with Crippen molar-refractivity contribution in [1.29, 1.82) is 0 Å². The molecule has 2 aromatic carbocycles. The largest absolute Gasteiger partial charge is 0.339 e. The lowest BCUT2D eigenvalue weighted by Gasteiger charge is -2.43. The second kappa shape index (κ2) is 7.88. The minimum atomic E-state index is -0.719. The van der Waals surface area contributed by atoms with Gasteiger partial charge in [-0.2, -0.15) is 0 Å². The van der Waals surface area contributed by atoms with Crippen LogP contribution in [0.15, 0.2) is 60.7 Å². The van der Waals surface area contributed by atoms with Crippen LogP contribution in [0.25, 0.3) is 0 Å². The molecule has 5 rings (SSSR count). The van der Waals surface area contributed by atoms with Crippen molar-refractivity contribution >= 4 is 11.8 Å². The SMILES string of the molecule is O=C(CN1CCCC(c2ccccc2)(c2ccccc2)C1=O)N1C[C@@H]2CN[C@H](C2)C1. The lowest BCUT2D eigenvalue weighted by molar-refractivity contribution is -0.146. The Kier molecular flexibility index (Phi) is 5.07. The third-order valence-corrected chi connectivity index (χ3v) is 7.08. The van der Waals surface area contributed by atoms with Crippen LogP contribution in [0, 0.1) is 5.92 Å². The molecule has 1 N–H and O–H groups in total. The van der Waals surface area contributed by atoms with E-state index in [1.165, 1.54) is 0 Å². The Morgan fingerprint density at radius 2 is 1.67 bits per heavy atom. The zero-order valence-corrected chi connectivity index (χ0v) is 17.3. The predicted octanol–water partition coefficient (Wildman–Crippen LogP) is 2.42. The first-order chi connectivity index (χ1) is 14.7. The standard InChI is InChI=1S/C25H29N3O2/c29-23(28-16-19-14-22(17-28)26-15-19)18-27-13-7-12-25(24(27)30,20-8-3-1-4-9-20)21-10-5-2-6-11-21/h1-6,8-11,19,22,26H,7,12-18H2/t19-,22+/m0/s1. The maximum absolute atomic E-state index is 14.0. The molecule has 2 bridgehead atoms. The number of benzene rings is 2. The third kappa shape index (κ3) is 3.31. The summed E-state index contributed by atoms with van der Waals surface area (Å²) in [6.07, 6.45) is 2.81. The van der Waals surface area contributed by atoms with Crippen molar-refractivity contribution in [2.75, 3.05) is 32.7 Å². The van der Waals surface area contributed by atoms with Crippen LogP contribution in [0.4, 0.5) is 0 Å². The minimum absolute atomic E-state index is 0.0533. The van der Waals surface area contributed by atoms with Gasteiger partial charge in [-0.25, -0.2) is 0 Å². The molecule has 3 fully saturated rings. The predicted molar refractivity (Wildman–Crippen MR) is 116 cm³/mol. The molecule has 2 amide bonds. The molecular formula is C25H29N3O2. The van der Waals surface area contributed by atoms with Gasteiger partial charge in [-0.05, 0) is 36.3 Å². The molecule has 2 atom stereocenters. The molecule has 3 aliphatic rings. The first-order valence-corrected chi connectivity index (χ1v) is 11.1. The van der Waals surface area contributed by atoms with E-state index < -0.39 is 5.41 Å². The first kappa shape index (κ1) is 19.3. The highest BCUT2D eigenvalue weighted by atomic mass is 16.2. The minimum Gasteiger partial charge on any atom is -0.339 e. The lowest BCUT2D eigenvalue weighted by atomic mass is 9.68. The van der Waals surface area contributed by atoms with Crippen LogP contribution in [0.3, 0.4) is 0 Å². The summed E-state index contributed by atoms with van der Waals surface area (Å²) < 4.78 is 0. The van der Waals surface area contributed by atoms with Gasteiger partial charge in [0, 0.05) is 32.2 Å². The Balaban J connectivity index is 1.42. The number of amides is 2. The Hall–Kier alpha value is -2.66. The van der Waals surface area contributed by atoms with Crippen molar-refractivity contribution in [2.24, 2.45) is 5.92 Å². The van der Waals surface area contributed by atoms with Gasteiger partial charge < -0.3 is 15.1 Å². The number of nitrogens with one attached hydrogen (secondary N) is 1. The average molecular weight is 404 g/mol. The molecular weight excluding hydrogens is 374 g/mol. The van der Waals surface area contributed by atoms with Crippen molar-refractivity contribution in [3.8, 4) is 0 Å². The first-order valence-electron chi connectivity index (χ1n) is 11.1. The van der Waals surface area contributed by atoms with Gasteiger partial charge in [-0.15, -0.1) is 0 Å². The van der Waals surface area contributed by atoms with Crippen molar-refractivity contribution in [3.63, 3.8) is 0 Å². The number of fused-ring (bicyclic) bond motifs is 2. The fraction of sp³-hybridized carbons (Fsp3) is 0.440. The summed E-state index contributed by atoms with van der Waals surface area (Å²) in [6.45, 7) is 3.40. The van der Waals surface area contributed by atoms with E-state index in [-0.39, 0.29) is 18.4 Å². The van der Waals surface area contributed by atoms with Gasteiger partial charge in [0.1, 0.15) is 0 Å². The van der Waals surface area contributed by atoms with E-state index >= 15 is 0 Å². The van der Waals surface area contributed by atoms with E-state index in [0.29, 0.717) is 18.5 Å². The average Bonchev–Trinajstić information content (AvgIpc) is 3.13. The highest BCUT2D eigenvalue weighted by molar-refractivity contribution is 5.95. The van der Waals surface area contributed by atoms with Crippen molar-refractivity contribution in [3.05, 3.63) is 71.8 Å². The molecule has 5 nitrogen and oxygen atoms in total. The molecule has 0 aromatic heterocycles. The maximum Gasteiger partial charge on any atom is 0.242 e. The molecule has 0 unspecified atom stereocenters. The number of hydrogen-bond donors (Lipinski definition) is 1.